The first kappa shape index (κ1) is 13.8. The number of hydrogen-bond donors (Lipinski definition) is 2. The summed E-state index contributed by atoms with van der Waals surface area (Å²) < 4.78 is 0. The molecule has 2 N–H and O–H groups in total. The van der Waals surface area contributed by atoms with Crippen molar-refractivity contribution in [3.05, 3.63) is 35.9 Å². The first-order chi connectivity index (χ1) is 10.3. The lowest BCUT2D eigenvalue weighted by atomic mass is 9.79. The van der Waals surface area contributed by atoms with E-state index in [-0.39, 0.29) is 12.6 Å². The van der Waals surface area contributed by atoms with Crippen molar-refractivity contribution in [2.24, 2.45) is 23.7 Å². The van der Waals surface area contributed by atoms with E-state index < -0.39 is 0 Å². The van der Waals surface area contributed by atoms with Crippen LogP contribution in [0.5, 0.6) is 0 Å². The molecule has 1 aromatic rings. The van der Waals surface area contributed by atoms with Gasteiger partial charge in [0.2, 0.25) is 0 Å². The average molecular weight is 285 g/mol. The molecule has 114 valence electrons. The summed E-state index contributed by atoms with van der Waals surface area (Å²) in [4.78, 5) is 0. The number of benzene rings is 1. The van der Waals surface area contributed by atoms with Crippen LogP contribution in [0.3, 0.4) is 0 Å². The van der Waals surface area contributed by atoms with Gasteiger partial charge < -0.3 is 10.4 Å². The van der Waals surface area contributed by atoms with Crippen LogP contribution in [0.25, 0.3) is 0 Å². The Morgan fingerprint density at radius 2 is 1.86 bits per heavy atom. The Labute approximate surface area is 128 Å². The van der Waals surface area contributed by atoms with Gasteiger partial charge in [0.05, 0.1) is 6.61 Å². The van der Waals surface area contributed by atoms with Crippen LogP contribution < -0.4 is 5.32 Å². The Morgan fingerprint density at radius 3 is 2.67 bits per heavy atom. The lowest BCUT2D eigenvalue weighted by Crippen LogP contribution is -2.47. The zero-order chi connectivity index (χ0) is 14.2. The smallest absolute Gasteiger partial charge is 0.0587 e. The van der Waals surface area contributed by atoms with Crippen LogP contribution in [0, 0.1) is 23.7 Å². The summed E-state index contributed by atoms with van der Waals surface area (Å²) >= 11 is 0. The van der Waals surface area contributed by atoms with Crippen LogP contribution in [0.15, 0.2) is 30.3 Å². The minimum Gasteiger partial charge on any atom is -0.395 e. The zero-order valence-electron chi connectivity index (χ0n) is 12.7. The van der Waals surface area contributed by atoms with Crippen LogP contribution in [0.2, 0.25) is 0 Å². The highest BCUT2D eigenvalue weighted by molar-refractivity contribution is 5.16. The topological polar surface area (TPSA) is 32.3 Å². The molecule has 21 heavy (non-hydrogen) atoms. The predicted octanol–water partition coefficient (Wildman–Crippen LogP) is 3.00. The highest BCUT2D eigenvalue weighted by atomic mass is 16.3. The maximum atomic E-state index is 9.74. The molecule has 0 amide bonds. The fraction of sp³-hybridized carbons (Fsp3) is 0.684. The molecular weight excluding hydrogens is 258 g/mol. The lowest BCUT2D eigenvalue weighted by molar-refractivity contribution is 0.170. The minimum absolute atomic E-state index is 0.219. The molecule has 2 bridgehead atoms. The van der Waals surface area contributed by atoms with E-state index in [4.69, 9.17) is 0 Å². The van der Waals surface area contributed by atoms with Crippen LogP contribution >= 0.6 is 0 Å². The number of nitrogens with one attached hydrogen (secondary N) is 1. The van der Waals surface area contributed by atoms with Gasteiger partial charge in [-0.05, 0) is 61.3 Å². The van der Waals surface area contributed by atoms with Crippen LogP contribution in [-0.4, -0.2) is 23.8 Å². The molecule has 3 aliphatic rings. The fourth-order valence-electron chi connectivity index (χ4n) is 5.64. The van der Waals surface area contributed by atoms with Crippen molar-refractivity contribution in [2.45, 2.75) is 50.6 Å². The number of fused-ring (bicyclic) bond motifs is 5. The van der Waals surface area contributed by atoms with Crippen molar-refractivity contribution in [1.82, 2.24) is 5.32 Å². The van der Waals surface area contributed by atoms with E-state index >= 15 is 0 Å². The Kier molecular flexibility index (Phi) is 3.76. The molecule has 5 unspecified atom stereocenters. The molecule has 0 saturated heterocycles. The molecule has 0 aliphatic heterocycles. The van der Waals surface area contributed by atoms with E-state index in [1.165, 1.54) is 37.7 Å². The molecule has 0 heterocycles. The van der Waals surface area contributed by atoms with Gasteiger partial charge >= 0.3 is 0 Å². The maximum Gasteiger partial charge on any atom is 0.0587 e. The van der Waals surface area contributed by atoms with Crippen molar-refractivity contribution in [2.75, 3.05) is 6.61 Å². The second-order valence-corrected chi connectivity index (χ2v) is 7.50. The van der Waals surface area contributed by atoms with Crippen molar-refractivity contribution in [3.63, 3.8) is 0 Å². The SMILES string of the molecule is OC[C@H](Cc1ccccc1)NC1CC2CC1C1CCCC21. The second-order valence-electron chi connectivity index (χ2n) is 7.50. The number of aliphatic hydroxyl groups is 1. The maximum absolute atomic E-state index is 9.74. The van der Waals surface area contributed by atoms with Crippen molar-refractivity contribution < 1.29 is 5.11 Å². The van der Waals surface area contributed by atoms with E-state index in [1.54, 1.807) is 0 Å². The third kappa shape index (κ3) is 2.53. The van der Waals surface area contributed by atoms with Gasteiger partial charge in [0.15, 0.2) is 0 Å². The molecule has 2 heteroatoms. The van der Waals surface area contributed by atoms with E-state index in [0.29, 0.717) is 6.04 Å². The van der Waals surface area contributed by atoms with Crippen LogP contribution in [-0.2, 0) is 6.42 Å². The summed E-state index contributed by atoms with van der Waals surface area (Å²) in [5.41, 5.74) is 1.32. The standard InChI is InChI=1S/C19H27NO/c21-12-15(9-13-5-2-1-3-6-13)20-19-11-14-10-18(19)17-8-4-7-16(14)17/h1-3,5-6,14-21H,4,7-12H2/t14?,15-,16?,17?,18?,19?/m0/s1. The summed E-state index contributed by atoms with van der Waals surface area (Å²) in [5, 5.41) is 13.6. The van der Waals surface area contributed by atoms with Gasteiger partial charge in [-0.15, -0.1) is 0 Å². The molecule has 3 fully saturated rings. The van der Waals surface area contributed by atoms with Crippen molar-refractivity contribution in [1.29, 1.82) is 0 Å². The van der Waals surface area contributed by atoms with Crippen LogP contribution in [0.1, 0.15) is 37.7 Å². The van der Waals surface area contributed by atoms with Gasteiger partial charge in [-0.1, -0.05) is 36.8 Å². The summed E-state index contributed by atoms with van der Waals surface area (Å²) in [7, 11) is 0. The quantitative estimate of drug-likeness (QED) is 0.871. The molecule has 3 aliphatic carbocycles. The molecule has 4 rings (SSSR count). The molecule has 1 aromatic carbocycles. The molecular formula is C19H27NO. The fourth-order valence-corrected chi connectivity index (χ4v) is 5.64. The Bertz CT molecular complexity index is 474. The van der Waals surface area contributed by atoms with Gasteiger partial charge in [0.1, 0.15) is 0 Å². The molecule has 0 spiro atoms. The van der Waals surface area contributed by atoms with Crippen molar-refractivity contribution in [3.8, 4) is 0 Å². The minimum atomic E-state index is 0.219. The highest BCUT2D eigenvalue weighted by Gasteiger charge is 2.53. The summed E-state index contributed by atoms with van der Waals surface area (Å²) in [6, 6.07) is 11.4. The van der Waals surface area contributed by atoms with Gasteiger partial charge in [-0.3, -0.25) is 0 Å². The van der Waals surface area contributed by atoms with Gasteiger partial charge in [0.25, 0.3) is 0 Å². The molecule has 0 radical (unpaired) electrons. The lowest BCUT2D eigenvalue weighted by Gasteiger charge is -2.34. The molecule has 2 nitrogen and oxygen atoms in total. The van der Waals surface area contributed by atoms with E-state index in [9.17, 15) is 5.11 Å². The summed E-state index contributed by atoms with van der Waals surface area (Å²) in [5.74, 6) is 3.93. The molecule has 0 aromatic heterocycles. The van der Waals surface area contributed by atoms with E-state index in [0.717, 1.165) is 30.1 Å². The van der Waals surface area contributed by atoms with Crippen molar-refractivity contribution >= 4 is 0 Å². The number of rotatable bonds is 5. The Balaban J connectivity index is 1.39. The van der Waals surface area contributed by atoms with Gasteiger partial charge in [0, 0.05) is 12.1 Å². The van der Waals surface area contributed by atoms with Gasteiger partial charge in [-0.25, -0.2) is 0 Å². The number of hydrogen-bond acceptors (Lipinski definition) is 2. The highest BCUT2D eigenvalue weighted by Crippen LogP contribution is 2.58. The molecule has 6 atom stereocenters. The third-order valence-corrected chi connectivity index (χ3v) is 6.42. The molecule has 3 saturated carbocycles. The first-order valence-corrected chi connectivity index (χ1v) is 8.76. The normalized spacial score (nSPS) is 38.6. The number of aliphatic hydroxyl groups excluding tert-OH is 1. The first-order valence-electron chi connectivity index (χ1n) is 8.76. The largest absolute Gasteiger partial charge is 0.395 e. The van der Waals surface area contributed by atoms with E-state index in [1.807, 2.05) is 0 Å². The van der Waals surface area contributed by atoms with E-state index in [2.05, 4.69) is 35.6 Å². The second kappa shape index (κ2) is 5.73. The third-order valence-electron chi connectivity index (χ3n) is 6.42. The Morgan fingerprint density at radius 1 is 1.05 bits per heavy atom. The zero-order valence-corrected chi connectivity index (χ0v) is 12.7. The average Bonchev–Trinajstić information content (AvgIpc) is 3.20. The summed E-state index contributed by atoms with van der Waals surface area (Å²) in [6.07, 6.45) is 8.17. The monoisotopic (exact) mass is 285 g/mol. The van der Waals surface area contributed by atoms with Crippen LogP contribution in [0.4, 0.5) is 0 Å². The summed E-state index contributed by atoms with van der Waals surface area (Å²) in [6.45, 7) is 0.247. The van der Waals surface area contributed by atoms with Gasteiger partial charge in [-0.2, -0.15) is 0 Å². The Hall–Kier alpha value is -0.860. The predicted molar refractivity (Wildman–Crippen MR) is 85.0 cm³/mol.